The lowest BCUT2D eigenvalue weighted by Crippen LogP contribution is -2.39. The molecule has 1 rings (SSSR count). The van der Waals surface area contributed by atoms with E-state index in [0.717, 1.165) is 19.3 Å². The molecule has 0 saturated heterocycles. The van der Waals surface area contributed by atoms with Crippen LogP contribution in [0.25, 0.3) is 0 Å². The molecule has 1 aliphatic carbocycles. The SMILES string of the molecule is COC(=O)C(C)N=CCCC1(C(=O)OC)CCCCCC1=O. The second-order valence-electron chi connectivity index (χ2n) is 5.63. The van der Waals surface area contributed by atoms with Gasteiger partial charge in [0.2, 0.25) is 0 Å². The van der Waals surface area contributed by atoms with Gasteiger partial charge in [0.15, 0.2) is 0 Å². The van der Waals surface area contributed by atoms with E-state index in [2.05, 4.69) is 9.73 Å². The fraction of sp³-hybridized carbons (Fsp3) is 0.750. The lowest BCUT2D eigenvalue weighted by Gasteiger charge is -2.27. The van der Waals surface area contributed by atoms with Crippen molar-refractivity contribution in [1.82, 2.24) is 0 Å². The van der Waals surface area contributed by atoms with E-state index in [0.29, 0.717) is 25.7 Å². The molecule has 0 N–H and O–H groups in total. The van der Waals surface area contributed by atoms with Crippen molar-refractivity contribution in [2.75, 3.05) is 14.2 Å². The molecule has 2 unspecified atom stereocenters. The van der Waals surface area contributed by atoms with E-state index in [1.165, 1.54) is 14.2 Å². The summed E-state index contributed by atoms with van der Waals surface area (Å²) in [6.07, 6.45) is 5.98. The normalized spacial score (nSPS) is 23.9. The van der Waals surface area contributed by atoms with Gasteiger partial charge in [0.25, 0.3) is 0 Å². The average molecular weight is 311 g/mol. The third-order valence-corrected chi connectivity index (χ3v) is 4.19. The predicted octanol–water partition coefficient (Wildman–Crippen LogP) is 2.09. The number of nitrogens with zero attached hydrogens (tertiary/aromatic N) is 1. The van der Waals surface area contributed by atoms with Crippen molar-refractivity contribution in [3.63, 3.8) is 0 Å². The standard InChI is InChI=1S/C16H25NO5/c1-12(14(19)21-2)17-11-7-10-16(15(20)22-3)9-6-4-5-8-13(16)18/h11-12H,4-10H2,1-3H3. The molecule has 1 aliphatic rings. The summed E-state index contributed by atoms with van der Waals surface area (Å²) in [5, 5.41) is 0. The molecule has 0 radical (unpaired) electrons. The Morgan fingerprint density at radius 3 is 2.64 bits per heavy atom. The van der Waals surface area contributed by atoms with Gasteiger partial charge in [-0.15, -0.1) is 0 Å². The molecule has 0 aliphatic heterocycles. The predicted molar refractivity (Wildman–Crippen MR) is 81.7 cm³/mol. The maximum Gasteiger partial charge on any atom is 0.330 e. The summed E-state index contributed by atoms with van der Waals surface area (Å²) in [7, 11) is 2.63. The largest absolute Gasteiger partial charge is 0.468 e. The molecule has 0 aromatic carbocycles. The van der Waals surface area contributed by atoms with Crippen LogP contribution in [0, 0.1) is 5.41 Å². The molecule has 6 heteroatoms. The Kier molecular flexibility index (Phi) is 7.21. The zero-order chi connectivity index (χ0) is 16.6. The van der Waals surface area contributed by atoms with Crippen molar-refractivity contribution in [2.24, 2.45) is 10.4 Å². The number of esters is 2. The van der Waals surface area contributed by atoms with Crippen LogP contribution in [0.5, 0.6) is 0 Å². The first kappa shape index (κ1) is 18.3. The molecule has 1 fully saturated rings. The Morgan fingerprint density at radius 2 is 2.00 bits per heavy atom. The maximum absolute atomic E-state index is 12.4. The first-order valence-corrected chi connectivity index (χ1v) is 7.69. The molecule has 0 amide bonds. The first-order valence-electron chi connectivity index (χ1n) is 7.69. The highest BCUT2D eigenvalue weighted by molar-refractivity contribution is 6.04. The Labute approximate surface area is 131 Å². The van der Waals surface area contributed by atoms with Gasteiger partial charge in [0.1, 0.15) is 17.2 Å². The van der Waals surface area contributed by atoms with E-state index in [1.54, 1.807) is 13.1 Å². The van der Waals surface area contributed by atoms with Crippen LogP contribution in [-0.4, -0.2) is 44.2 Å². The van der Waals surface area contributed by atoms with Gasteiger partial charge in [-0.3, -0.25) is 14.6 Å². The minimum absolute atomic E-state index is 0.0359. The third-order valence-electron chi connectivity index (χ3n) is 4.19. The van der Waals surface area contributed by atoms with E-state index in [-0.39, 0.29) is 5.78 Å². The lowest BCUT2D eigenvalue weighted by molar-refractivity contribution is -0.159. The van der Waals surface area contributed by atoms with Crippen LogP contribution in [0.3, 0.4) is 0 Å². The third kappa shape index (κ3) is 4.39. The number of Topliss-reactive ketones (excluding diaryl/α,β-unsaturated/α-hetero) is 1. The second kappa shape index (κ2) is 8.66. The van der Waals surface area contributed by atoms with E-state index in [9.17, 15) is 14.4 Å². The average Bonchev–Trinajstić information content (AvgIpc) is 2.72. The second-order valence-corrected chi connectivity index (χ2v) is 5.63. The molecule has 2 atom stereocenters. The number of ether oxygens (including phenoxy) is 2. The highest BCUT2D eigenvalue weighted by Gasteiger charge is 2.45. The van der Waals surface area contributed by atoms with Crippen molar-refractivity contribution >= 4 is 23.9 Å². The first-order chi connectivity index (χ1) is 10.5. The summed E-state index contributed by atoms with van der Waals surface area (Å²) in [4.78, 5) is 39.9. The van der Waals surface area contributed by atoms with Crippen molar-refractivity contribution in [3.05, 3.63) is 0 Å². The number of aliphatic imine (C=N–C) groups is 1. The number of carbonyl (C=O) groups is 3. The van der Waals surface area contributed by atoms with Gasteiger partial charge in [-0.1, -0.05) is 12.8 Å². The van der Waals surface area contributed by atoms with Gasteiger partial charge >= 0.3 is 11.9 Å². The fourth-order valence-corrected chi connectivity index (χ4v) is 2.82. The fourth-order valence-electron chi connectivity index (χ4n) is 2.82. The van der Waals surface area contributed by atoms with Crippen molar-refractivity contribution in [3.8, 4) is 0 Å². The Balaban J connectivity index is 2.74. The number of carbonyl (C=O) groups excluding carboxylic acids is 3. The minimum Gasteiger partial charge on any atom is -0.468 e. The van der Waals surface area contributed by atoms with E-state index >= 15 is 0 Å². The zero-order valence-corrected chi connectivity index (χ0v) is 13.6. The molecule has 0 aromatic rings. The number of hydrogen-bond acceptors (Lipinski definition) is 6. The van der Waals surface area contributed by atoms with Gasteiger partial charge in [0.05, 0.1) is 14.2 Å². The van der Waals surface area contributed by atoms with E-state index < -0.39 is 23.4 Å². The number of hydrogen-bond donors (Lipinski definition) is 0. The van der Waals surface area contributed by atoms with Crippen LogP contribution in [0.1, 0.15) is 51.9 Å². The molecule has 0 bridgehead atoms. The monoisotopic (exact) mass is 311 g/mol. The highest BCUT2D eigenvalue weighted by atomic mass is 16.5. The van der Waals surface area contributed by atoms with Crippen LogP contribution in [-0.2, 0) is 23.9 Å². The van der Waals surface area contributed by atoms with Crippen LogP contribution in [0.2, 0.25) is 0 Å². The van der Waals surface area contributed by atoms with Gasteiger partial charge in [0, 0.05) is 6.42 Å². The molecule has 6 nitrogen and oxygen atoms in total. The van der Waals surface area contributed by atoms with E-state index in [4.69, 9.17) is 4.74 Å². The summed E-state index contributed by atoms with van der Waals surface area (Å²) < 4.78 is 9.46. The molecule has 22 heavy (non-hydrogen) atoms. The van der Waals surface area contributed by atoms with Crippen molar-refractivity contribution in [1.29, 1.82) is 0 Å². The molecule has 0 spiro atoms. The molecule has 1 saturated carbocycles. The van der Waals surface area contributed by atoms with Gasteiger partial charge < -0.3 is 9.47 Å². The van der Waals surface area contributed by atoms with Gasteiger partial charge in [-0.2, -0.15) is 0 Å². The summed E-state index contributed by atoms with van der Waals surface area (Å²) >= 11 is 0. The highest BCUT2D eigenvalue weighted by Crippen LogP contribution is 2.37. The summed E-state index contributed by atoms with van der Waals surface area (Å²) in [5.41, 5.74) is -1.05. The van der Waals surface area contributed by atoms with Crippen LogP contribution in [0.15, 0.2) is 4.99 Å². The smallest absolute Gasteiger partial charge is 0.330 e. The van der Waals surface area contributed by atoms with Crippen molar-refractivity contribution < 1.29 is 23.9 Å². The summed E-state index contributed by atoms with van der Waals surface area (Å²) in [6, 6.07) is -0.580. The van der Waals surface area contributed by atoms with Crippen LogP contribution >= 0.6 is 0 Å². The molecule has 0 heterocycles. The quantitative estimate of drug-likeness (QED) is 0.325. The minimum atomic E-state index is -1.05. The number of ketones is 1. The summed E-state index contributed by atoms with van der Waals surface area (Å²) in [6.45, 7) is 1.63. The maximum atomic E-state index is 12.4. The lowest BCUT2D eigenvalue weighted by atomic mass is 9.75. The molecular weight excluding hydrogens is 286 g/mol. The van der Waals surface area contributed by atoms with Gasteiger partial charge in [-0.25, -0.2) is 4.79 Å². The molecular formula is C16H25NO5. The number of methoxy groups -OCH3 is 2. The van der Waals surface area contributed by atoms with Gasteiger partial charge in [-0.05, 0) is 38.8 Å². The molecule has 0 aromatic heterocycles. The zero-order valence-electron chi connectivity index (χ0n) is 13.6. The van der Waals surface area contributed by atoms with Crippen molar-refractivity contribution in [2.45, 2.75) is 57.9 Å². The number of rotatable bonds is 6. The van der Waals surface area contributed by atoms with E-state index in [1.807, 2.05) is 0 Å². The Morgan fingerprint density at radius 1 is 1.27 bits per heavy atom. The summed E-state index contributed by atoms with van der Waals surface area (Å²) in [5.74, 6) is -0.899. The Bertz CT molecular complexity index is 446. The topological polar surface area (TPSA) is 82.0 Å². The van der Waals surface area contributed by atoms with Crippen LogP contribution < -0.4 is 0 Å². The van der Waals surface area contributed by atoms with Crippen LogP contribution in [0.4, 0.5) is 0 Å². The molecule has 124 valence electrons. The Hall–Kier alpha value is -1.72.